The van der Waals surface area contributed by atoms with Gasteiger partial charge in [0, 0.05) is 31.6 Å². The maximum absolute atomic E-state index is 12.7. The summed E-state index contributed by atoms with van der Waals surface area (Å²) >= 11 is 0. The summed E-state index contributed by atoms with van der Waals surface area (Å²) in [5, 5.41) is 0. The third-order valence-corrected chi connectivity index (χ3v) is 8.35. The van der Waals surface area contributed by atoms with E-state index in [1.165, 1.54) is 103 Å². The summed E-state index contributed by atoms with van der Waals surface area (Å²) in [5.74, 6) is -0.196. The van der Waals surface area contributed by atoms with Gasteiger partial charge in [0.2, 0.25) is 11.6 Å². The molecule has 0 aromatic carbocycles. The first-order chi connectivity index (χ1) is 20.5. The summed E-state index contributed by atoms with van der Waals surface area (Å²) in [6, 6.07) is 5.76. The van der Waals surface area contributed by atoms with Crippen LogP contribution in [-0.4, -0.2) is 49.4 Å². The molecule has 0 spiro atoms. The van der Waals surface area contributed by atoms with Crippen LogP contribution in [0.2, 0.25) is 0 Å². The number of carbonyl (C=O) groups is 2. The molecule has 2 heterocycles. The SMILES string of the molecule is CCCCCCCCCCCCCCCCCCOC[C@H]1C[C@H](COC(=O)N(Cc2cccc[n+]2CC)C(C)=O)CO1.[I-]. The molecular weight excluding hydrogens is 655 g/mol. The Bertz CT molecular complexity index is 855. The number of hydrogen-bond donors (Lipinski definition) is 0. The Morgan fingerprint density at radius 2 is 1.44 bits per heavy atom. The molecular formula is C35H61IN2O5. The number of imide groups is 1. The van der Waals surface area contributed by atoms with Crippen molar-refractivity contribution >= 4 is 12.0 Å². The molecule has 1 aliphatic heterocycles. The molecule has 7 nitrogen and oxygen atoms in total. The summed E-state index contributed by atoms with van der Waals surface area (Å²) in [5.41, 5.74) is 0.887. The minimum atomic E-state index is -0.600. The Morgan fingerprint density at radius 1 is 0.860 bits per heavy atom. The Kier molecular flexibility index (Phi) is 24.0. The van der Waals surface area contributed by atoms with Crippen LogP contribution in [0.1, 0.15) is 136 Å². The lowest BCUT2D eigenvalue weighted by Crippen LogP contribution is -3.00. The van der Waals surface area contributed by atoms with Crippen molar-refractivity contribution in [3.63, 3.8) is 0 Å². The van der Waals surface area contributed by atoms with Crippen LogP contribution in [0.3, 0.4) is 0 Å². The van der Waals surface area contributed by atoms with Gasteiger partial charge >= 0.3 is 6.09 Å². The molecule has 0 unspecified atom stereocenters. The van der Waals surface area contributed by atoms with Crippen LogP contribution >= 0.6 is 0 Å². The number of aryl methyl sites for hydroxylation is 1. The van der Waals surface area contributed by atoms with Gasteiger partial charge in [-0.2, -0.15) is 0 Å². The Labute approximate surface area is 279 Å². The third-order valence-electron chi connectivity index (χ3n) is 8.35. The molecule has 1 aromatic rings. The molecule has 0 saturated carbocycles. The molecule has 43 heavy (non-hydrogen) atoms. The van der Waals surface area contributed by atoms with Gasteiger partial charge in [-0.15, -0.1) is 0 Å². The van der Waals surface area contributed by atoms with E-state index in [1.807, 2.05) is 35.9 Å². The van der Waals surface area contributed by atoms with Crippen LogP contribution in [0, 0.1) is 5.92 Å². The minimum absolute atomic E-state index is 0. The molecule has 0 bridgehead atoms. The zero-order chi connectivity index (χ0) is 30.3. The van der Waals surface area contributed by atoms with Crippen LogP contribution in [-0.2, 0) is 32.1 Å². The van der Waals surface area contributed by atoms with E-state index in [9.17, 15) is 9.59 Å². The Balaban J connectivity index is 0.00000924. The monoisotopic (exact) mass is 716 g/mol. The summed E-state index contributed by atoms with van der Waals surface area (Å²) < 4.78 is 19.3. The van der Waals surface area contributed by atoms with E-state index < -0.39 is 6.09 Å². The van der Waals surface area contributed by atoms with Crippen molar-refractivity contribution in [1.82, 2.24) is 4.90 Å². The van der Waals surface area contributed by atoms with Crippen molar-refractivity contribution in [3.8, 4) is 0 Å². The van der Waals surface area contributed by atoms with Gasteiger partial charge in [-0.05, 0) is 19.8 Å². The van der Waals surface area contributed by atoms with Crippen molar-refractivity contribution < 1.29 is 52.3 Å². The van der Waals surface area contributed by atoms with Crippen LogP contribution in [0.15, 0.2) is 24.4 Å². The van der Waals surface area contributed by atoms with Crippen LogP contribution in [0.5, 0.6) is 0 Å². The summed E-state index contributed by atoms with van der Waals surface area (Å²) in [6.07, 6.45) is 24.1. The highest BCUT2D eigenvalue weighted by molar-refractivity contribution is 5.90. The van der Waals surface area contributed by atoms with E-state index in [0.717, 1.165) is 36.6 Å². The molecule has 1 aliphatic rings. The normalized spacial score (nSPS) is 16.2. The first-order valence-corrected chi connectivity index (χ1v) is 17.2. The van der Waals surface area contributed by atoms with Gasteiger partial charge in [0.25, 0.3) is 0 Å². The molecule has 0 aliphatic carbocycles. The first-order valence-electron chi connectivity index (χ1n) is 17.2. The average Bonchev–Trinajstić information content (AvgIpc) is 3.45. The molecule has 1 aromatic heterocycles. The number of pyridine rings is 1. The molecule has 0 radical (unpaired) electrons. The molecule has 0 N–H and O–H groups in total. The highest BCUT2D eigenvalue weighted by Crippen LogP contribution is 2.21. The maximum Gasteiger partial charge on any atom is 0.417 e. The number of ether oxygens (including phenoxy) is 3. The second-order valence-corrected chi connectivity index (χ2v) is 12.1. The molecule has 248 valence electrons. The predicted molar refractivity (Wildman–Crippen MR) is 168 cm³/mol. The molecule has 8 heteroatoms. The van der Waals surface area contributed by atoms with Gasteiger partial charge in [-0.1, -0.05) is 109 Å². The number of aromatic nitrogens is 1. The van der Waals surface area contributed by atoms with E-state index in [2.05, 4.69) is 6.92 Å². The lowest BCUT2D eigenvalue weighted by atomic mass is 10.0. The summed E-state index contributed by atoms with van der Waals surface area (Å²) in [7, 11) is 0. The van der Waals surface area contributed by atoms with E-state index in [4.69, 9.17) is 14.2 Å². The summed E-state index contributed by atoms with van der Waals surface area (Å²) in [4.78, 5) is 26.0. The predicted octanol–water partition coefficient (Wildman–Crippen LogP) is 5.17. The lowest BCUT2D eigenvalue weighted by Gasteiger charge is -2.19. The van der Waals surface area contributed by atoms with Crippen molar-refractivity contribution in [2.24, 2.45) is 5.92 Å². The highest BCUT2D eigenvalue weighted by Gasteiger charge is 2.29. The number of halogens is 1. The van der Waals surface area contributed by atoms with E-state index in [1.54, 1.807) is 0 Å². The van der Waals surface area contributed by atoms with Crippen LogP contribution in [0.4, 0.5) is 4.79 Å². The smallest absolute Gasteiger partial charge is 0.417 e. The van der Waals surface area contributed by atoms with Gasteiger partial charge in [0.05, 0.1) is 25.9 Å². The van der Waals surface area contributed by atoms with Crippen LogP contribution < -0.4 is 28.5 Å². The largest absolute Gasteiger partial charge is 1.00 e. The van der Waals surface area contributed by atoms with Gasteiger partial charge in [0.15, 0.2) is 6.20 Å². The lowest BCUT2D eigenvalue weighted by molar-refractivity contribution is -0.701. The molecule has 2 rings (SSSR count). The molecule has 2 atom stereocenters. The Hall–Kier alpha value is -1.26. The zero-order valence-electron chi connectivity index (χ0n) is 27.5. The molecule has 1 saturated heterocycles. The van der Waals surface area contributed by atoms with Gasteiger partial charge in [0.1, 0.15) is 13.1 Å². The van der Waals surface area contributed by atoms with Crippen LogP contribution in [0.25, 0.3) is 0 Å². The number of unbranched alkanes of at least 4 members (excludes halogenated alkanes) is 15. The Morgan fingerprint density at radius 3 is 2.00 bits per heavy atom. The number of nitrogens with zero attached hydrogens (tertiary/aromatic N) is 2. The average molecular weight is 717 g/mol. The fourth-order valence-corrected chi connectivity index (χ4v) is 5.68. The summed E-state index contributed by atoms with van der Waals surface area (Å²) in [6.45, 7) is 8.84. The fourth-order valence-electron chi connectivity index (χ4n) is 5.68. The van der Waals surface area contributed by atoms with E-state index >= 15 is 0 Å². The van der Waals surface area contributed by atoms with E-state index in [-0.39, 0.29) is 55.1 Å². The van der Waals surface area contributed by atoms with Crippen molar-refractivity contribution in [2.75, 3.05) is 26.4 Å². The van der Waals surface area contributed by atoms with Gasteiger partial charge in [-0.25, -0.2) is 14.3 Å². The van der Waals surface area contributed by atoms with E-state index in [0.29, 0.717) is 13.2 Å². The topological polar surface area (TPSA) is 69.0 Å². The van der Waals surface area contributed by atoms with Gasteiger partial charge < -0.3 is 38.2 Å². The van der Waals surface area contributed by atoms with Crippen molar-refractivity contribution in [3.05, 3.63) is 30.1 Å². The standard InChI is InChI=1S/C35H61N2O5.HI/c1-4-6-7-8-9-10-11-12-13-14-15-16-17-18-19-22-25-40-30-34-26-32(28-41-34)29-42-35(39)37(31(3)38)27-33-23-20-21-24-36(33)5-2;/h20-21,23-24,32,34H,4-19,22,25-30H2,1-3H3;1H/q+1;/p-1/t32-,34+;/m0./s1. The zero-order valence-corrected chi connectivity index (χ0v) is 29.7. The quantitative estimate of drug-likeness (QED) is 0.0840. The second-order valence-electron chi connectivity index (χ2n) is 12.1. The second kappa shape index (κ2) is 26.0. The third kappa shape index (κ3) is 18.3. The molecule has 1 fully saturated rings. The number of carbonyl (C=O) groups excluding carboxylic acids is 2. The van der Waals surface area contributed by atoms with Crippen molar-refractivity contribution in [2.45, 2.75) is 149 Å². The number of hydrogen-bond acceptors (Lipinski definition) is 5. The minimum Gasteiger partial charge on any atom is -1.00 e. The molecule has 2 amide bonds. The maximum atomic E-state index is 12.7. The number of amides is 2. The highest BCUT2D eigenvalue weighted by atomic mass is 127. The first kappa shape index (κ1) is 39.8. The number of rotatable bonds is 24. The van der Waals surface area contributed by atoms with Gasteiger partial charge in [-0.3, -0.25) is 4.79 Å². The fraction of sp³-hybridized carbons (Fsp3) is 0.800. The van der Waals surface area contributed by atoms with Crippen molar-refractivity contribution in [1.29, 1.82) is 0 Å².